The van der Waals surface area contributed by atoms with Crippen molar-refractivity contribution in [2.24, 2.45) is 23.7 Å². The van der Waals surface area contributed by atoms with Gasteiger partial charge in [0.25, 0.3) is 0 Å². The molecule has 0 radical (unpaired) electrons. The van der Waals surface area contributed by atoms with Crippen LogP contribution in [0.1, 0.15) is 24.8 Å². The Labute approximate surface area is 120 Å². The Kier molecular flexibility index (Phi) is 4.31. The highest BCUT2D eigenvalue weighted by Gasteiger charge is 2.38. The van der Waals surface area contributed by atoms with Gasteiger partial charge in [0.15, 0.2) is 0 Å². The van der Waals surface area contributed by atoms with Crippen molar-refractivity contribution in [3.63, 3.8) is 0 Å². The van der Waals surface area contributed by atoms with Gasteiger partial charge in [-0.25, -0.2) is 0 Å². The smallest absolute Gasteiger partial charge is 0.124 e. The highest BCUT2D eigenvalue weighted by molar-refractivity contribution is 5.56. The zero-order chi connectivity index (χ0) is 13.8. The lowest BCUT2D eigenvalue weighted by atomic mass is 9.73. The third-order valence-electron chi connectivity index (χ3n) is 4.80. The van der Waals surface area contributed by atoms with E-state index in [4.69, 9.17) is 4.74 Å². The molecule has 20 heavy (non-hydrogen) atoms. The number of carbonyl (C=O) groups excluding carboxylic acids is 1. The predicted octanol–water partition coefficient (Wildman–Crippen LogP) is 3.62. The second-order valence-corrected chi connectivity index (χ2v) is 6.02. The lowest BCUT2D eigenvalue weighted by molar-refractivity contribution is -0.115. The first-order chi connectivity index (χ1) is 9.88. The molecule has 4 atom stereocenters. The summed E-state index contributed by atoms with van der Waals surface area (Å²) in [5, 5.41) is 0. The molecule has 2 aliphatic rings. The molecule has 0 amide bonds. The predicted molar refractivity (Wildman–Crippen MR) is 79.1 cm³/mol. The van der Waals surface area contributed by atoms with Crippen LogP contribution in [0.5, 0.6) is 0 Å². The fourth-order valence-corrected chi connectivity index (χ4v) is 3.72. The Hall–Kier alpha value is -1.41. The van der Waals surface area contributed by atoms with Crippen molar-refractivity contribution in [2.45, 2.75) is 25.9 Å². The number of hydrogen-bond acceptors (Lipinski definition) is 2. The number of ether oxygens (including phenoxy) is 1. The maximum Gasteiger partial charge on any atom is 0.124 e. The first-order valence-electron chi connectivity index (χ1n) is 7.64. The summed E-state index contributed by atoms with van der Waals surface area (Å²) in [4.78, 5) is 11.5. The average molecular weight is 270 g/mol. The molecule has 0 spiro atoms. The molecule has 0 aliphatic heterocycles. The molecule has 1 aromatic rings. The van der Waals surface area contributed by atoms with Gasteiger partial charge in [-0.1, -0.05) is 48.9 Å². The summed E-state index contributed by atoms with van der Waals surface area (Å²) >= 11 is 0. The van der Waals surface area contributed by atoms with Gasteiger partial charge in [0.05, 0.1) is 13.2 Å². The second-order valence-electron chi connectivity index (χ2n) is 6.02. The minimum Gasteiger partial charge on any atom is -0.376 e. The molecule has 0 bridgehead atoms. The normalized spacial score (nSPS) is 32.0. The van der Waals surface area contributed by atoms with Gasteiger partial charge in [-0.2, -0.15) is 0 Å². The molecule has 2 nitrogen and oxygen atoms in total. The Bertz CT molecular complexity index is 466. The van der Waals surface area contributed by atoms with E-state index < -0.39 is 0 Å². The Morgan fingerprint density at radius 3 is 2.80 bits per heavy atom. The summed E-state index contributed by atoms with van der Waals surface area (Å²) in [5.41, 5.74) is 1.19. The fourth-order valence-electron chi connectivity index (χ4n) is 3.72. The molecule has 3 rings (SSSR count). The monoisotopic (exact) mass is 270 g/mol. The minimum absolute atomic E-state index is 0.156. The topological polar surface area (TPSA) is 26.3 Å². The van der Waals surface area contributed by atoms with Crippen molar-refractivity contribution in [3.8, 4) is 0 Å². The molecule has 1 fully saturated rings. The molecular weight excluding hydrogens is 248 g/mol. The standard InChI is InChI=1S/C18H22O2/c19-11-18-16(10-9-15-7-4-8-17(15)18)13-20-12-14-5-2-1-3-6-14/h1-3,5-6,9-11,15-18H,4,7-8,12-13H2/t15-,16-,17+,18+/m1/s1. The number of rotatable bonds is 5. The Morgan fingerprint density at radius 2 is 2.00 bits per heavy atom. The van der Waals surface area contributed by atoms with Gasteiger partial charge in [0, 0.05) is 11.8 Å². The number of aldehydes is 1. The van der Waals surface area contributed by atoms with Gasteiger partial charge < -0.3 is 9.53 Å². The number of hydrogen-bond donors (Lipinski definition) is 0. The van der Waals surface area contributed by atoms with Gasteiger partial charge in [0.2, 0.25) is 0 Å². The molecule has 106 valence electrons. The van der Waals surface area contributed by atoms with Crippen LogP contribution < -0.4 is 0 Å². The number of fused-ring (bicyclic) bond motifs is 1. The van der Waals surface area contributed by atoms with Crippen LogP contribution in [0, 0.1) is 23.7 Å². The summed E-state index contributed by atoms with van der Waals surface area (Å²) in [6, 6.07) is 10.2. The molecule has 0 saturated heterocycles. The van der Waals surface area contributed by atoms with Crippen molar-refractivity contribution >= 4 is 6.29 Å². The van der Waals surface area contributed by atoms with Crippen molar-refractivity contribution in [1.29, 1.82) is 0 Å². The fraction of sp³-hybridized carbons (Fsp3) is 0.500. The van der Waals surface area contributed by atoms with Crippen LogP contribution in [-0.4, -0.2) is 12.9 Å². The molecule has 1 aromatic carbocycles. The maximum absolute atomic E-state index is 11.5. The summed E-state index contributed by atoms with van der Waals surface area (Å²) < 4.78 is 5.83. The summed E-state index contributed by atoms with van der Waals surface area (Å²) in [7, 11) is 0. The zero-order valence-corrected chi connectivity index (χ0v) is 11.8. The van der Waals surface area contributed by atoms with Crippen LogP contribution >= 0.6 is 0 Å². The molecule has 0 heterocycles. The van der Waals surface area contributed by atoms with E-state index >= 15 is 0 Å². The van der Waals surface area contributed by atoms with E-state index in [0.717, 1.165) is 0 Å². The largest absolute Gasteiger partial charge is 0.376 e. The third-order valence-corrected chi connectivity index (χ3v) is 4.80. The first-order valence-corrected chi connectivity index (χ1v) is 7.64. The van der Waals surface area contributed by atoms with Crippen LogP contribution in [0.15, 0.2) is 42.5 Å². The van der Waals surface area contributed by atoms with Crippen LogP contribution in [0.2, 0.25) is 0 Å². The van der Waals surface area contributed by atoms with Crippen LogP contribution in [-0.2, 0) is 16.1 Å². The van der Waals surface area contributed by atoms with Crippen molar-refractivity contribution in [1.82, 2.24) is 0 Å². The zero-order valence-electron chi connectivity index (χ0n) is 11.8. The maximum atomic E-state index is 11.5. The first kappa shape index (κ1) is 13.6. The molecule has 0 N–H and O–H groups in total. The van der Waals surface area contributed by atoms with E-state index in [1.165, 1.54) is 31.1 Å². The van der Waals surface area contributed by atoms with E-state index in [0.29, 0.717) is 25.0 Å². The van der Waals surface area contributed by atoms with Crippen LogP contribution in [0.4, 0.5) is 0 Å². The van der Waals surface area contributed by atoms with E-state index in [1.54, 1.807) is 0 Å². The van der Waals surface area contributed by atoms with Crippen molar-refractivity contribution in [3.05, 3.63) is 48.0 Å². The highest BCUT2D eigenvalue weighted by atomic mass is 16.5. The number of benzene rings is 1. The lowest BCUT2D eigenvalue weighted by Gasteiger charge is -2.32. The molecule has 0 unspecified atom stereocenters. The SMILES string of the molecule is O=C[C@@H]1[C@H]2CCC[C@@H]2C=C[C@@H]1COCc1ccccc1. The van der Waals surface area contributed by atoms with Crippen molar-refractivity contribution < 1.29 is 9.53 Å². The van der Waals surface area contributed by atoms with Gasteiger partial charge in [0.1, 0.15) is 6.29 Å². The van der Waals surface area contributed by atoms with Crippen molar-refractivity contribution in [2.75, 3.05) is 6.61 Å². The van der Waals surface area contributed by atoms with E-state index in [2.05, 4.69) is 24.3 Å². The van der Waals surface area contributed by atoms with E-state index in [9.17, 15) is 4.79 Å². The summed E-state index contributed by atoms with van der Waals surface area (Å²) in [5.74, 6) is 1.61. The van der Waals surface area contributed by atoms with Gasteiger partial charge in [-0.3, -0.25) is 0 Å². The van der Waals surface area contributed by atoms with E-state index in [1.807, 2.05) is 18.2 Å². The molecule has 1 saturated carbocycles. The Balaban J connectivity index is 1.56. The lowest BCUT2D eigenvalue weighted by Crippen LogP contribution is -2.32. The molecule has 0 aromatic heterocycles. The quantitative estimate of drug-likeness (QED) is 0.603. The van der Waals surface area contributed by atoms with Gasteiger partial charge in [-0.15, -0.1) is 0 Å². The number of carbonyl (C=O) groups is 1. The van der Waals surface area contributed by atoms with Gasteiger partial charge in [-0.05, 0) is 30.2 Å². The van der Waals surface area contributed by atoms with Gasteiger partial charge >= 0.3 is 0 Å². The molecule has 2 heteroatoms. The molecular formula is C18H22O2. The van der Waals surface area contributed by atoms with Crippen LogP contribution in [0.3, 0.4) is 0 Å². The summed E-state index contributed by atoms with van der Waals surface area (Å²) in [6.07, 6.45) is 9.44. The number of allylic oxidation sites excluding steroid dienone is 1. The molecule has 2 aliphatic carbocycles. The average Bonchev–Trinajstić information content (AvgIpc) is 2.96. The summed E-state index contributed by atoms with van der Waals surface area (Å²) in [6.45, 7) is 1.28. The third kappa shape index (κ3) is 2.85. The minimum atomic E-state index is 0.156. The highest BCUT2D eigenvalue weighted by Crippen LogP contribution is 2.43. The second kappa shape index (κ2) is 6.36. The van der Waals surface area contributed by atoms with Crippen LogP contribution in [0.25, 0.3) is 0 Å². The Morgan fingerprint density at radius 1 is 1.15 bits per heavy atom. The van der Waals surface area contributed by atoms with E-state index in [-0.39, 0.29) is 11.8 Å².